The summed E-state index contributed by atoms with van der Waals surface area (Å²) >= 11 is 0. The Hall–Kier alpha value is -2.83. The molecule has 1 rings (SSSR count). The number of amides is 1. The molecule has 148 valence electrons. The molecule has 0 fully saturated rings. The average molecular weight is 377 g/mol. The summed E-state index contributed by atoms with van der Waals surface area (Å²) in [6.45, 7) is 8.64. The number of carbonyl (C=O) groups is 3. The fraction of sp³-hybridized carbons (Fsp3) is 0.450. The van der Waals surface area contributed by atoms with E-state index in [1.807, 2.05) is 12.1 Å². The molecule has 7 heteroatoms. The number of aryl methyl sites for hydroxylation is 1. The van der Waals surface area contributed by atoms with Crippen molar-refractivity contribution >= 4 is 17.8 Å². The highest BCUT2D eigenvalue weighted by molar-refractivity contribution is 6.07. The van der Waals surface area contributed by atoms with Gasteiger partial charge >= 0.3 is 11.9 Å². The Morgan fingerprint density at radius 1 is 1.07 bits per heavy atom. The second kappa shape index (κ2) is 11.0. The molecule has 0 aromatic heterocycles. The maximum absolute atomic E-state index is 12.5. The maximum Gasteiger partial charge on any atom is 0.343 e. The Labute approximate surface area is 159 Å². The van der Waals surface area contributed by atoms with Gasteiger partial charge in [-0.1, -0.05) is 24.8 Å². The van der Waals surface area contributed by atoms with Crippen LogP contribution in [0.4, 0.5) is 0 Å². The zero-order chi connectivity index (χ0) is 20.3. The second-order valence-corrected chi connectivity index (χ2v) is 5.77. The molecule has 0 aliphatic rings. The summed E-state index contributed by atoms with van der Waals surface area (Å²) in [6, 6.07) is 7.22. The summed E-state index contributed by atoms with van der Waals surface area (Å²) < 4.78 is 15.5. The van der Waals surface area contributed by atoms with E-state index < -0.39 is 23.4 Å². The van der Waals surface area contributed by atoms with Gasteiger partial charge in [-0.2, -0.15) is 0 Å². The maximum atomic E-state index is 12.5. The Morgan fingerprint density at radius 2 is 1.63 bits per heavy atom. The highest BCUT2D eigenvalue weighted by atomic mass is 16.6. The summed E-state index contributed by atoms with van der Waals surface area (Å²) in [5.41, 5.74) is -1.01. The summed E-state index contributed by atoms with van der Waals surface area (Å²) in [6.07, 6.45) is 2.01. The number of rotatable bonds is 11. The lowest BCUT2D eigenvalue weighted by Crippen LogP contribution is -2.61. The molecule has 0 atom stereocenters. The number of hydrogen-bond acceptors (Lipinski definition) is 6. The van der Waals surface area contributed by atoms with Gasteiger partial charge in [0.25, 0.3) is 0 Å². The van der Waals surface area contributed by atoms with Crippen LogP contribution in [-0.2, 0) is 30.3 Å². The minimum atomic E-state index is -1.88. The quantitative estimate of drug-likeness (QED) is 0.361. The van der Waals surface area contributed by atoms with E-state index in [0.717, 1.165) is 5.56 Å². The zero-order valence-corrected chi connectivity index (χ0v) is 16.1. The van der Waals surface area contributed by atoms with E-state index in [1.165, 1.54) is 6.92 Å². The topological polar surface area (TPSA) is 90.9 Å². The van der Waals surface area contributed by atoms with Gasteiger partial charge in [-0.3, -0.25) is 4.79 Å². The number of carbonyl (C=O) groups excluding carboxylic acids is 3. The van der Waals surface area contributed by atoms with Gasteiger partial charge in [0.1, 0.15) is 12.4 Å². The molecule has 0 bridgehead atoms. The van der Waals surface area contributed by atoms with Crippen molar-refractivity contribution < 1.29 is 28.6 Å². The van der Waals surface area contributed by atoms with Crippen LogP contribution < -0.4 is 10.1 Å². The van der Waals surface area contributed by atoms with Gasteiger partial charge in [-0.25, -0.2) is 9.59 Å². The fourth-order valence-corrected chi connectivity index (χ4v) is 2.50. The number of hydrogen-bond donors (Lipinski definition) is 1. The molecule has 0 aliphatic heterocycles. The van der Waals surface area contributed by atoms with Crippen LogP contribution in [0.3, 0.4) is 0 Å². The molecule has 0 heterocycles. The molecule has 1 aromatic carbocycles. The van der Waals surface area contributed by atoms with Gasteiger partial charge < -0.3 is 19.5 Å². The molecule has 7 nitrogen and oxygen atoms in total. The van der Waals surface area contributed by atoms with Crippen LogP contribution in [0.5, 0.6) is 5.75 Å². The summed E-state index contributed by atoms with van der Waals surface area (Å²) in [7, 11) is 0. The van der Waals surface area contributed by atoms with Gasteiger partial charge in [0.15, 0.2) is 0 Å². The Bertz CT molecular complexity index is 635. The van der Waals surface area contributed by atoms with Crippen molar-refractivity contribution in [2.45, 2.75) is 39.2 Å². The molecule has 1 N–H and O–H groups in total. The van der Waals surface area contributed by atoms with E-state index in [2.05, 4.69) is 11.9 Å². The third-order valence-corrected chi connectivity index (χ3v) is 3.72. The number of benzene rings is 1. The fourth-order valence-electron chi connectivity index (χ4n) is 2.50. The van der Waals surface area contributed by atoms with Crippen molar-refractivity contribution in [2.75, 3.05) is 19.8 Å². The predicted octanol–water partition coefficient (Wildman–Crippen LogP) is 2.19. The van der Waals surface area contributed by atoms with Crippen LogP contribution in [0.25, 0.3) is 0 Å². The monoisotopic (exact) mass is 377 g/mol. The standard InChI is InChI=1S/C20H27NO6/c1-5-14-27-17-10-8-16(9-11-17)12-13-20(21-15(4)22,18(23)25-6-2)19(24)26-7-3/h5,8-11H,1,6-7,12-14H2,2-4H3,(H,21,22). The molecule has 0 saturated carbocycles. The molecule has 0 radical (unpaired) electrons. The summed E-state index contributed by atoms with van der Waals surface area (Å²) in [5.74, 6) is -1.50. The molecule has 1 aromatic rings. The molecule has 1 amide bonds. The van der Waals surface area contributed by atoms with Crippen molar-refractivity contribution in [2.24, 2.45) is 0 Å². The van der Waals surface area contributed by atoms with Crippen LogP contribution >= 0.6 is 0 Å². The average Bonchev–Trinajstić information content (AvgIpc) is 2.64. The van der Waals surface area contributed by atoms with Crippen molar-refractivity contribution in [3.05, 3.63) is 42.5 Å². The van der Waals surface area contributed by atoms with Crippen LogP contribution in [0.15, 0.2) is 36.9 Å². The van der Waals surface area contributed by atoms with Crippen LogP contribution in [0.1, 0.15) is 32.8 Å². The minimum Gasteiger partial charge on any atom is -0.490 e. The first-order valence-electron chi connectivity index (χ1n) is 8.85. The predicted molar refractivity (Wildman–Crippen MR) is 100 cm³/mol. The molecular formula is C20H27NO6. The van der Waals surface area contributed by atoms with E-state index in [9.17, 15) is 14.4 Å². The molecule has 0 spiro atoms. The minimum absolute atomic E-state index is 0.0110. The highest BCUT2D eigenvalue weighted by Crippen LogP contribution is 2.21. The first kappa shape index (κ1) is 22.2. The SMILES string of the molecule is C=CCOc1ccc(CCC(NC(C)=O)(C(=O)OCC)C(=O)OCC)cc1. The second-order valence-electron chi connectivity index (χ2n) is 5.77. The molecule has 0 unspecified atom stereocenters. The molecular weight excluding hydrogens is 350 g/mol. The largest absolute Gasteiger partial charge is 0.490 e. The van der Waals surface area contributed by atoms with E-state index in [1.54, 1.807) is 32.1 Å². The van der Waals surface area contributed by atoms with Crippen LogP contribution in [-0.4, -0.2) is 43.2 Å². The lowest BCUT2D eigenvalue weighted by molar-refractivity contribution is -0.168. The third kappa shape index (κ3) is 6.44. The lowest BCUT2D eigenvalue weighted by Gasteiger charge is -2.29. The van der Waals surface area contributed by atoms with Gasteiger partial charge in [0.05, 0.1) is 13.2 Å². The lowest BCUT2D eigenvalue weighted by atomic mass is 9.90. The molecule has 0 aliphatic carbocycles. The van der Waals surface area contributed by atoms with Gasteiger partial charge in [-0.15, -0.1) is 0 Å². The van der Waals surface area contributed by atoms with E-state index in [4.69, 9.17) is 14.2 Å². The van der Waals surface area contributed by atoms with E-state index >= 15 is 0 Å². The Morgan fingerprint density at radius 3 is 2.07 bits per heavy atom. The smallest absolute Gasteiger partial charge is 0.343 e. The Kier molecular flexibility index (Phi) is 9.05. The van der Waals surface area contributed by atoms with Gasteiger partial charge in [0.2, 0.25) is 11.4 Å². The third-order valence-electron chi connectivity index (χ3n) is 3.72. The first-order valence-corrected chi connectivity index (χ1v) is 8.85. The number of nitrogens with one attached hydrogen (secondary N) is 1. The first-order chi connectivity index (χ1) is 12.9. The number of esters is 2. The van der Waals surface area contributed by atoms with Crippen molar-refractivity contribution in [1.82, 2.24) is 5.32 Å². The van der Waals surface area contributed by atoms with Crippen LogP contribution in [0, 0.1) is 0 Å². The van der Waals surface area contributed by atoms with Gasteiger partial charge in [0, 0.05) is 6.92 Å². The molecule has 0 saturated heterocycles. The zero-order valence-electron chi connectivity index (χ0n) is 16.1. The van der Waals surface area contributed by atoms with Gasteiger partial charge in [-0.05, 0) is 44.4 Å². The van der Waals surface area contributed by atoms with Crippen molar-refractivity contribution in [3.8, 4) is 5.75 Å². The summed E-state index contributed by atoms with van der Waals surface area (Å²) in [4.78, 5) is 36.8. The van der Waals surface area contributed by atoms with E-state index in [-0.39, 0.29) is 19.6 Å². The normalized spacial score (nSPS) is 10.6. The van der Waals surface area contributed by atoms with Crippen molar-refractivity contribution in [1.29, 1.82) is 0 Å². The van der Waals surface area contributed by atoms with Crippen molar-refractivity contribution in [3.63, 3.8) is 0 Å². The highest BCUT2D eigenvalue weighted by Gasteiger charge is 2.49. The number of ether oxygens (including phenoxy) is 3. The summed E-state index contributed by atoms with van der Waals surface area (Å²) in [5, 5.41) is 2.45. The van der Waals surface area contributed by atoms with E-state index in [0.29, 0.717) is 18.8 Å². The molecule has 27 heavy (non-hydrogen) atoms. The Balaban J connectivity index is 3.03. The van der Waals surface area contributed by atoms with Crippen LogP contribution in [0.2, 0.25) is 0 Å².